The van der Waals surface area contributed by atoms with Crippen molar-refractivity contribution in [1.29, 1.82) is 0 Å². The standard InChI is InChI=1S/C9H7BrN2O2/c1-5-8(9(13)14)7-4-6(10)2-3-12(7)11-5/h2-4H,1H3,(H,13,14). The van der Waals surface area contributed by atoms with E-state index in [1.54, 1.807) is 23.7 Å². The molecule has 0 radical (unpaired) electrons. The predicted octanol–water partition coefficient (Wildman–Crippen LogP) is 2.10. The van der Waals surface area contributed by atoms with Crippen LogP contribution in [0.4, 0.5) is 0 Å². The second-order valence-electron chi connectivity index (χ2n) is 2.94. The van der Waals surface area contributed by atoms with E-state index in [1.165, 1.54) is 0 Å². The van der Waals surface area contributed by atoms with Crippen LogP contribution in [-0.2, 0) is 0 Å². The number of aromatic carboxylic acids is 1. The highest BCUT2D eigenvalue weighted by atomic mass is 79.9. The first-order valence-electron chi connectivity index (χ1n) is 3.97. The lowest BCUT2D eigenvalue weighted by molar-refractivity contribution is 0.0698. The summed E-state index contributed by atoms with van der Waals surface area (Å²) in [5.41, 5.74) is 1.38. The van der Waals surface area contributed by atoms with Gasteiger partial charge in [0.2, 0.25) is 0 Å². The van der Waals surface area contributed by atoms with Gasteiger partial charge in [-0.3, -0.25) is 0 Å². The third-order valence-electron chi connectivity index (χ3n) is 1.99. The van der Waals surface area contributed by atoms with Crippen molar-refractivity contribution in [3.63, 3.8) is 0 Å². The normalized spacial score (nSPS) is 10.7. The van der Waals surface area contributed by atoms with E-state index in [2.05, 4.69) is 21.0 Å². The van der Waals surface area contributed by atoms with Crippen LogP contribution in [-0.4, -0.2) is 20.7 Å². The summed E-state index contributed by atoms with van der Waals surface area (Å²) in [6.45, 7) is 1.68. The fraction of sp³-hybridized carbons (Fsp3) is 0.111. The van der Waals surface area contributed by atoms with Crippen molar-refractivity contribution < 1.29 is 9.90 Å². The zero-order valence-electron chi connectivity index (χ0n) is 7.36. The molecule has 0 aliphatic carbocycles. The first-order valence-corrected chi connectivity index (χ1v) is 4.76. The molecule has 5 heteroatoms. The van der Waals surface area contributed by atoms with Crippen molar-refractivity contribution in [3.05, 3.63) is 34.1 Å². The van der Waals surface area contributed by atoms with E-state index in [4.69, 9.17) is 5.11 Å². The average Bonchev–Trinajstić information content (AvgIpc) is 2.40. The molecule has 0 aliphatic heterocycles. The van der Waals surface area contributed by atoms with Gasteiger partial charge in [-0.2, -0.15) is 5.10 Å². The quantitative estimate of drug-likeness (QED) is 0.848. The summed E-state index contributed by atoms with van der Waals surface area (Å²) >= 11 is 3.29. The highest BCUT2D eigenvalue weighted by molar-refractivity contribution is 9.10. The molecule has 0 saturated heterocycles. The number of fused-ring (bicyclic) bond motifs is 1. The molecule has 1 N–H and O–H groups in total. The Morgan fingerprint density at radius 2 is 2.36 bits per heavy atom. The maximum atomic E-state index is 10.9. The van der Waals surface area contributed by atoms with Crippen LogP contribution in [0.3, 0.4) is 0 Å². The van der Waals surface area contributed by atoms with Crippen molar-refractivity contribution in [2.75, 3.05) is 0 Å². The van der Waals surface area contributed by atoms with Crippen LogP contribution in [0.15, 0.2) is 22.8 Å². The highest BCUT2D eigenvalue weighted by Gasteiger charge is 2.15. The minimum atomic E-state index is -0.949. The molecule has 0 fully saturated rings. The SMILES string of the molecule is Cc1nn2ccc(Br)cc2c1C(=O)O. The maximum Gasteiger partial charge on any atom is 0.339 e. The molecular weight excluding hydrogens is 248 g/mol. The summed E-state index contributed by atoms with van der Waals surface area (Å²) in [5.74, 6) is -0.949. The van der Waals surface area contributed by atoms with Crippen molar-refractivity contribution in [2.45, 2.75) is 6.92 Å². The molecule has 0 aromatic carbocycles. The molecule has 0 bridgehead atoms. The molecule has 2 aromatic heterocycles. The number of aryl methyl sites for hydroxylation is 1. The van der Waals surface area contributed by atoms with Crippen molar-refractivity contribution in [2.24, 2.45) is 0 Å². The number of carboxylic acid groups (broad SMARTS) is 1. The zero-order valence-corrected chi connectivity index (χ0v) is 8.95. The number of carboxylic acids is 1. The Morgan fingerprint density at radius 1 is 1.64 bits per heavy atom. The van der Waals surface area contributed by atoms with E-state index in [1.807, 2.05) is 6.07 Å². The Bertz CT molecular complexity index is 519. The molecule has 0 saturated carbocycles. The molecule has 72 valence electrons. The van der Waals surface area contributed by atoms with Crippen LogP contribution in [0.1, 0.15) is 16.1 Å². The fourth-order valence-corrected chi connectivity index (χ4v) is 1.74. The van der Waals surface area contributed by atoms with Gasteiger partial charge in [0.25, 0.3) is 0 Å². The summed E-state index contributed by atoms with van der Waals surface area (Å²) in [4.78, 5) is 10.9. The van der Waals surface area contributed by atoms with E-state index in [9.17, 15) is 4.79 Å². The summed E-state index contributed by atoms with van der Waals surface area (Å²) in [6.07, 6.45) is 1.72. The lowest BCUT2D eigenvalue weighted by atomic mass is 10.2. The molecule has 0 spiro atoms. The Hall–Kier alpha value is -1.36. The smallest absolute Gasteiger partial charge is 0.339 e. The molecular formula is C9H7BrN2O2. The number of hydrogen-bond acceptors (Lipinski definition) is 2. The monoisotopic (exact) mass is 254 g/mol. The Morgan fingerprint density at radius 3 is 3.00 bits per heavy atom. The Kier molecular flexibility index (Phi) is 2.03. The molecule has 2 rings (SSSR count). The Labute approximate surface area is 88.3 Å². The molecule has 0 unspecified atom stereocenters. The molecule has 0 aliphatic rings. The minimum Gasteiger partial charge on any atom is -0.478 e. The van der Waals surface area contributed by atoms with Crippen LogP contribution in [0.25, 0.3) is 5.52 Å². The number of nitrogens with zero attached hydrogens (tertiary/aromatic N) is 2. The van der Waals surface area contributed by atoms with Crippen LogP contribution < -0.4 is 0 Å². The van der Waals surface area contributed by atoms with E-state index in [0.717, 1.165) is 4.47 Å². The number of pyridine rings is 1. The zero-order chi connectivity index (χ0) is 10.3. The van der Waals surface area contributed by atoms with Gasteiger partial charge in [-0.25, -0.2) is 9.31 Å². The van der Waals surface area contributed by atoms with Gasteiger partial charge in [-0.1, -0.05) is 15.9 Å². The molecule has 4 nitrogen and oxygen atoms in total. The number of carbonyl (C=O) groups is 1. The number of aromatic nitrogens is 2. The van der Waals surface area contributed by atoms with Crippen LogP contribution in [0.2, 0.25) is 0 Å². The first kappa shape index (κ1) is 9.21. The number of rotatable bonds is 1. The summed E-state index contributed by atoms with van der Waals surface area (Å²) in [7, 11) is 0. The maximum absolute atomic E-state index is 10.9. The number of hydrogen-bond donors (Lipinski definition) is 1. The molecule has 2 aromatic rings. The highest BCUT2D eigenvalue weighted by Crippen LogP contribution is 2.19. The van der Waals surface area contributed by atoms with E-state index in [-0.39, 0.29) is 5.56 Å². The minimum absolute atomic E-state index is 0.256. The second kappa shape index (κ2) is 3.09. The van der Waals surface area contributed by atoms with E-state index in [0.29, 0.717) is 11.2 Å². The van der Waals surface area contributed by atoms with Gasteiger partial charge in [0.05, 0.1) is 11.2 Å². The van der Waals surface area contributed by atoms with E-state index < -0.39 is 5.97 Å². The van der Waals surface area contributed by atoms with Crippen molar-refractivity contribution in [3.8, 4) is 0 Å². The average molecular weight is 255 g/mol. The van der Waals surface area contributed by atoms with Crippen molar-refractivity contribution >= 4 is 27.4 Å². The summed E-state index contributed by atoms with van der Waals surface area (Å²) < 4.78 is 2.40. The van der Waals surface area contributed by atoms with Crippen molar-refractivity contribution in [1.82, 2.24) is 9.61 Å². The van der Waals surface area contributed by atoms with Crippen LogP contribution in [0, 0.1) is 6.92 Å². The van der Waals surface area contributed by atoms with Gasteiger partial charge in [0.1, 0.15) is 5.56 Å². The lowest BCUT2D eigenvalue weighted by Crippen LogP contribution is -1.97. The first-order chi connectivity index (χ1) is 6.59. The largest absolute Gasteiger partial charge is 0.478 e. The summed E-state index contributed by atoms with van der Waals surface area (Å²) in [6, 6.07) is 3.55. The van der Waals surface area contributed by atoms with Gasteiger partial charge in [-0.15, -0.1) is 0 Å². The second-order valence-corrected chi connectivity index (χ2v) is 3.86. The predicted molar refractivity (Wildman–Crippen MR) is 54.6 cm³/mol. The lowest BCUT2D eigenvalue weighted by Gasteiger charge is -1.94. The Balaban J connectivity index is 2.86. The molecule has 14 heavy (non-hydrogen) atoms. The third kappa shape index (κ3) is 1.29. The molecule has 0 amide bonds. The van der Waals surface area contributed by atoms with Crippen LogP contribution in [0.5, 0.6) is 0 Å². The fourth-order valence-electron chi connectivity index (χ4n) is 1.40. The van der Waals surface area contributed by atoms with Gasteiger partial charge in [-0.05, 0) is 19.1 Å². The van der Waals surface area contributed by atoms with Gasteiger partial charge in [0, 0.05) is 10.7 Å². The summed E-state index contributed by atoms with van der Waals surface area (Å²) in [5, 5.41) is 13.1. The third-order valence-corrected chi connectivity index (χ3v) is 2.48. The number of halogens is 1. The van der Waals surface area contributed by atoms with Gasteiger partial charge in [0.15, 0.2) is 0 Å². The van der Waals surface area contributed by atoms with Gasteiger partial charge >= 0.3 is 5.97 Å². The molecule has 0 atom stereocenters. The topological polar surface area (TPSA) is 54.6 Å². The molecule has 2 heterocycles. The van der Waals surface area contributed by atoms with Crippen LogP contribution >= 0.6 is 15.9 Å². The van der Waals surface area contributed by atoms with E-state index >= 15 is 0 Å². The van der Waals surface area contributed by atoms with Gasteiger partial charge < -0.3 is 5.11 Å².